The Labute approximate surface area is 159 Å². The molecule has 1 aliphatic rings. The fourth-order valence-corrected chi connectivity index (χ4v) is 3.32. The van der Waals surface area contributed by atoms with Crippen LogP contribution in [0.1, 0.15) is 50.2 Å². The second kappa shape index (κ2) is 7.74. The Morgan fingerprint density at radius 3 is 2.44 bits per heavy atom. The number of hydrogen-bond acceptors (Lipinski definition) is 3. The molecule has 1 aliphatic heterocycles. The van der Waals surface area contributed by atoms with Crippen molar-refractivity contribution in [2.45, 2.75) is 33.2 Å². The number of fused-ring (bicyclic) bond motifs is 1. The maximum atomic E-state index is 12.5. The van der Waals surface area contributed by atoms with Crippen molar-refractivity contribution in [3.63, 3.8) is 0 Å². The van der Waals surface area contributed by atoms with Crippen LogP contribution in [0.15, 0.2) is 42.5 Å². The van der Waals surface area contributed by atoms with Crippen LogP contribution in [0, 0.1) is 13.8 Å². The molecular weight excluding hydrogens is 340 g/mol. The van der Waals surface area contributed by atoms with E-state index in [1.165, 1.54) is 4.90 Å². The van der Waals surface area contributed by atoms with Crippen molar-refractivity contribution in [2.75, 3.05) is 13.6 Å². The normalized spacial score (nSPS) is 13.1. The first-order valence-corrected chi connectivity index (χ1v) is 9.14. The van der Waals surface area contributed by atoms with E-state index in [0.717, 1.165) is 16.7 Å². The van der Waals surface area contributed by atoms with Crippen molar-refractivity contribution in [1.29, 1.82) is 0 Å². The van der Waals surface area contributed by atoms with Crippen LogP contribution >= 0.6 is 0 Å². The average molecular weight is 364 g/mol. The first kappa shape index (κ1) is 18.8. The van der Waals surface area contributed by atoms with E-state index in [-0.39, 0.29) is 24.3 Å². The number of rotatable bonds is 6. The second-order valence-electron chi connectivity index (χ2n) is 7.09. The monoisotopic (exact) mass is 364 g/mol. The molecule has 5 heteroatoms. The zero-order chi connectivity index (χ0) is 19.6. The van der Waals surface area contributed by atoms with Crippen molar-refractivity contribution < 1.29 is 14.4 Å². The molecule has 0 spiro atoms. The van der Waals surface area contributed by atoms with E-state index >= 15 is 0 Å². The third-order valence-corrected chi connectivity index (χ3v) is 4.99. The van der Waals surface area contributed by atoms with Gasteiger partial charge in [0.1, 0.15) is 0 Å². The topological polar surface area (TPSA) is 57.7 Å². The first-order valence-electron chi connectivity index (χ1n) is 9.14. The number of amides is 3. The fraction of sp³-hybridized carbons (Fsp3) is 0.318. The van der Waals surface area contributed by atoms with Crippen LogP contribution in [0.4, 0.5) is 0 Å². The molecule has 0 atom stereocenters. The molecule has 0 fully saturated rings. The third-order valence-electron chi connectivity index (χ3n) is 4.99. The van der Waals surface area contributed by atoms with Crippen LogP contribution in [0.25, 0.3) is 0 Å². The Hall–Kier alpha value is -2.95. The van der Waals surface area contributed by atoms with Gasteiger partial charge >= 0.3 is 0 Å². The lowest BCUT2D eigenvalue weighted by Gasteiger charge is -2.19. The van der Waals surface area contributed by atoms with Gasteiger partial charge in [0.05, 0.1) is 11.1 Å². The van der Waals surface area contributed by atoms with Gasteiger partial charge in [-0.2, -0.15) is 0 Å². The van der Waals surface area contributed by atoms with E-state index in [4.69, 9.17) is 0 Å². The molecule has 3 rings (SSSR count). The van der Waals surface area contributed by atoms with E-state index in [2.05, 4.69) is 0 Å². The molecule has 2 aromatic carbocycles. The van der Waals surface area contributed by atoms with E-state index in [0.29, 0.717) is 30.5 Å². The van der Waals surface area contributed by atoms with Gasteiger partial charge in [-0.05, 0) is 43.5 Å². The zero-order valence-corrected chi connectivity index (χ0v) is 16.0. The SMILES string of the molecule is Cc1ccc2c(c1)C(=O)N(CCCC(=O)N(C)Cc1ccccc1C)C2=O. The van der Waals surface area contributed by atoms with Crippen molar-refractivity contribution in [2.24, 2.45) is 0 Å². The summed E-state index contributed by atoms with van der Waals surface area (Å²) in [5, 5.41) is 0. The molecule has 27 heavy (non-hydrogen) atoms. The second-order valence-corrected chi connectivity index (χ2v) is 7.09. The van der Waals surface area contributed by atoms with Gasteiger partial charge in [0.15, 0.2) is 0 Å². The fourth-order valence-electron chi connectivity index (χ4n) is 3.32. The molecule has 0 saturated carbocycles. The highest BCUT2D eigenvalue weighted by atomic mass is 16.2. The maximum Gasteiger partial charge on any atom is 0.261 e. The molecule has 2 aromatic rings. The number of hydrogen-bond donors (Lipinski definition) is 0. The van der Waals surface area contributed by atoms with Crippen LogP contribution < -0.4 is 0 Å². The number of carbonyl (C=O) groups excluding carboxylic acids is 3. The van der Waals surface area contributed by atoms with Crippen LogP contribution in [-0.4, -0.2) is 41.1 Å². The predicted octanol–water partition coefficient (Wildman–Crippen LogP) is 3.34. The number of aryl methyl sites for hydroxylation is 2. The highest BCUT2D eigenvalue weighted by molar-refractivity contribution is 6.21. The molecule has 0 bridgehead atoms. The standard InChI is InChI=1S/C22H24N2O3/c1-15-10-11-18-19(13-15)22(27)24(21(18)26)12-6-9-20(25)23(3)14-17-8-5-4-7-16(17)2/h4-5,7-8,10-11,13H,6,9,12,14H2,1-3H3. The van der Waals surface area contributed by atoms with Gasteiger partial charge in [-0.25, -0.2) is 0 Å². The highest BCUT2D eigenvalue weighted by Crippen LogP contribution is 2.24. The van der Waals surface area contributed by atoms with E-state index < -0.39 is 0 Å². The summed E-state index contributed by atoms with van der Waals surface area (Å²) in [4.78, 5) is 40.2. The van der Waals surface area contributed by atoms with Gasteiger partial charge in [0, 0.05) is 26.6 Å². The van der Waals surface area contributed by atoms with Crippen LogP contribution in [-0.2, 0) is 11.3 Å². The van der Waals surface area contributed by atoms with Crippen LogP contribution in [0.2, 0.25) is 0 Å². The summed E-state index contributed by atoms with van der Waals surface area (Å²) in [7, 11) is 1.78. The Morgan fingerprint density at radius 1 is 1.00 bits per heavy atom. The van der Waals surface area contributed by atoms with Crippen molar-refractivity contribution in [1.82, 2.24) is 9.80 Å². The van der Waals surface area contributed by atoms with Gasteiger partial charge < -0.3 is 4.90 Å². The summed E-state index contributed by atoms with van der Waals surface area (Å²) in [5.41, 5.74) is 4.13. The van der Waals surface area contributed by atoms with Crippen molar-refractivity contribution in [3.8, 4) is 0 Å². The first-order chi connectivity index (χ1) is 12.9. The molecule has 3 amide bonds. The lowest BCUT2D eigenvalue weighted by Crippen LogP contribution is -2.32. The lowest BCUT2D eigenvalue weighted by atomic mass is 10.1. The molecule has 0 radical (unpaired) electrons. The zero-order valence-electron chi connectivity index (χ0n) is 16.0. The Bertz CT molecular complexity index is 904. The number of benzene rings is 2. The quantitative estimate of drug-likeness (QED) is 0.739. The molecule has 0 aromatic heterocycles. The van der Waals surface area contributed by atoms with Crippen molar-refractivity contribution in [3.05, 3.63) is 70.3 Å². The molecular formula is C22H24N2O3. The molecule has 1 heterocycles. The van der Waals surface area contributed by atoms with E-state index in [1.54, 1.807) is 24.1 Å². The number of carbonyl (C=O) groups is 3. The van der Waals surface area contributed by atoms with E-state index in [1.807, 2.05) is 44.2 Å². The number of nitrogens with zero attached hydrogens (tertiary/aromatic N) is 2. The highest BCUT2D eigenvalue weighted by Gasteiger charge is 2.35. The van der Waals surface area contributed by atoms with Gasteiger partial charge in [-0.15, -0.1) is 0 Å². The average Bonchev–Trinajstić information content (AvgIpc) is 2.87. The Kier molecular flexibility index (Phi) is 5.40. The minimum atomic E-state index is -0.268. The Morgan fingerprint density at radius 2 is 1.70 bits per heavy atom. The Balaban J connectivity index is 1.54. The van der Waals surface area contributed by atoms with Gasteiger partial charge in [-0.3, -0.25) is 19.3 Å². The van der Waals surface area contributed by atoms with Gasteiger partial charge in [0.25, 0.3) is 11.8 Å². The van der Waals surface area contributed by atoms with Crippen LogP contribution in [0.3, 0.4) is 0 Å². The third kappa shape index (κ3) is 3.92. The summed E-state index contributed by atoms with van der Waals surface area (Å²) in [5.74, 6) is -0.527. The minimum Gasteiger partial charge on any atom is -0.341 e. The van der Waals surface area contributed by atoms with Crippen LogP contribution in [0.5, 0.6) is 0 Å². The molecule has 0 unspecified atom stereocenters. The summed E-state index contributed by atoms with van der Waals surface area (Å²) in [6, 6.07) is 13.3. The summed E-state index contributed by atoms with van der Waals surface area (Å²) >= 11 is 0. The number of imide groups is 1. The summed E-state index contributed by atoms with van der Waals surface area (Å²) < 4.78 is 0. The largest absolute Gasteiger partial charge is 0.341 e. The van der Waals surface area contributed by atoms with Gasteiger partial charge in [0.2, 0.25) is 5.91 Å². The molecule has 140 valence electrons. The molecule has 5 nitrogen and oxygen atoms in total. The maximum absolute atomic E-state index is 12.5. The predicted molar refractivity (Wildman–Crippen MR) is 103 cm³/mol. The van der Waals surface area contributed by atoms with Crippen molar-refractivity contribution >= 4 is 17.7 Å². The molecule has 0 saturated heterocycles. The summed E-state index contributed by atoms with van der Waals surface area (Å²) in [6.45, 7) is 4.73. The lowest BCUT2D eigenvalue weighted by molar-refractivity contribution is -0.130. The molecule has 0 aliphatic carbocycles. The minimum absolute atomic E-state index is 0.00528. The molecule has 0 N–H and O–H groups in total. The van der Waals surface area contributed by atoms with Gasteiger partial charge in [-0.1, -0.05) is 35.9 Å². The van der Waals surface area contributed by atoms with E-state index in [9.17, 15) is 14.4 Å². The summed E-state index contributed by atoms with van der Waals surface area (Å²) in [6.07, 6.45) is 0.760. The smallest absolute Gasteiger partial charge is 0.261 e.